The van der Waals surface area contributed by atoms with Crippen molar-refractivity contribution >= 4 is 22.7 Å². The lowest BCUT2D eigenvalue weighted by Crippen LogP contribution is -1.82. The summed E-state index contributed by atoms with van der Waals surface area (Å²) in [6.45, 7) is 0. The van der Waals surface area contributed by atoms with Gasteiger partial charge in [0.05, 0.1) is 7.11 Å². The molecule has 0 spiro atoms. The van der Waals surface area contributed by atoms with E-state index >= 15 is 0 Å². The lowest BCUT2D eigenvalue weighted by Gasteiger charge is -1.99. The molecule has 3 aromatic rings. The van der Waals surface area contributed by atoms with Crippen LogP contribution in [0.1, 0.15) is 5.01 Å². The van der Waals surface area contributed by atoms with Crippen molar-refractivity contribution in [1.82, 2.24) is 20.4 Å². The maximum atomic E-state index is 8.74. The number of nitriles is 1. The van der Waals surface area contributed by atoms with Crippen LogP contribution in [0.4, 0.5) is 0 Å². The van der Waals surface area contributed by atoms with E-state index in [2.05, 4.69) is 20.4 Å². The molecule has 2 aromatic heterocycles. The lowest BCUT2D eigenvalue weighted by molar-refractivity contribution is 0.415. The number of hydrogen-bond acceptors (Lipinski definition) is 8. The molecular weight excluding hydrogens is 294 g/mol. The summed E-state index contributed by atoms with van der Waals surface area (Å²) >= 11 is 2.62. The zero-order valence-corrected chi connectivity index (χ0v) is 11.9. The summed E-state index contributed by atoms with van der Waals surface area (Å²) in [4.78, 5) is 0. The molecule has 0 atom stereocenters. The number of aromatic nitrogens is 4. The predicted molar refractivity (Wildman–Crippen MR) is 75.5 cm³/mol. The second-order valence-electron chi connectivity index (χ2n) is 3.67. The first-order chi connectivity index (χ1) is 9.80. The van der Waals surface area contributed by atoms with Crippen molar-refractivity contribution in [2.24, 2.45) is 0 Å². The van der Waals surface area contributed by atoms with Crippen molar-refractivity contribution in [3.8, 4) is 32.4 Å². The highest BCUT2D eigenvalue weighted by atomic mass is 32.1. The van der Waals surface area contributed by atoms with E-state index in [-0.39, 0.29) is 0 Å². The molecule has 0 aliphatic heterocycles. The molecule has 0 fully saturated rings. The fraction of sp³-hybridized carbons (Fsp3) is 0.0833. The first-order valence-electron chi connectivity index (χ1n) is 5.52. The van der Waals surface area contributed by atoms with E-state index in [0.29, 0.717) is 15.0 Å². The van der Waals surface area contributed by atoms with E-state index < -0.39 is 0 Å². The van der Waals surface area contributed by atoms with E-state index in [9.17, 15) is 0 Å². The first kappa shape index (κ1) is 12.7. The average Bonchev–Trinajstić information content (AvgIpc) is 3.16. The number of benzene rings is 1. The molecule has 0 unspecified atom stereocenters. The Morgan fingerprint density at radius 2 is 1.60 bits per heavy atom. The summed E-state index contributed by atoms with van der Waals surface area (Å²) in [5.74, 6) is 0.793. The molecule has 0 radical (unpaired) electrons. The minimum absolute atomic E-state index is 0.321. The van der Waals surface area contributed by atoms with Gasteiger partial charge in [0.25, 0.3) is 0 Å². The van der Waals surface area contributed by atoms with Gasteiger partial charge < -0.3 is 4.74 Å². The van der Waals surface area contributed by atoms with Gasteiger partial charge in [-0.25, -0.2) is 0 Å². The summed E-state index contributed by atoms with van der Waals surface area (Å²) in [6, 6.07) is 9.54. The van der Waals surface area contributed by atoms with E-state index in [4.69, 9.17) is 10.00 Å². The third kappa shape index (κ3) is 2.36. The highest BCUT2D eigenvalue weighted by molar-refractivity contribution is 7.23. The summed E-state index contributed by atoms with van der Waals surface area (Å²) in [6.07, 6.45) is 0. The largest absolute Gasteiger partial charge is 0.497 e. The molecule has 0 aliphatic carbocycles. The molecule has 8 heteroatoms. The van der Waals surface area contributed by atoms with Gasteiger partial charge in [-0.2, -0.15) is 5.26 Å². The van der Waals surface area contributed by atoms with Crippen LogP contribution in [0.15, 0.2) is 24.3 Å². The van der Waals surface area contributed by atoms with Crippen molar-refractivity contribution < 1.29 is 4.74 Å². The molecule has 0 aliphatic rings. The lowest BCUT2D eigenvalue weighted by atomic mass is 10.2. The fourth-order valence-electron chi connectivity index (χ4n) is 1.51. The van der Waals surface area contributed by atoms with Crippen LogP contribution in [0.5, 0.6) is 5.75 Å². The van der Waals surface area contributed by atoms with Crippen LogP contribution in [0.2, 0.25) is 0 Å². The van der Waals surface area contributed by atoms with E-state index in [1.54, 1.807) is 7.11 Å². The van der Waals surface area contributed by atoms with E-state index in [0.717, 1.165) is 16.3 Å². The maximum Gasteiger partial charge on any atom is 0.218 e. The van der Waals surface area contributed by atoms with Crippen molar-refractivity contribution in [3.05, 3.63) is 29.3 Å². The van der Waals surface area contributed by atoms with Gasteiger partial charge in [0.1, 0.15) is 16.8 Å². The van der Waals surface area contributed by atoms with Gasteiger partial charge in [0.15, 0.2) is 10.0 Å². The molecule has 6 nitrogen and oxygen atoms in total. The molecule has 3 rings (SSSR count). The van der Waals surface area contributed by atoms with Crippen LogP contribution < -0.4 is 4.74 Å². The van der Waals surface area contributed by atoms with Crippen LogP contribution in [-0.4, -0.2) is 27.5 Å². The molecule has 20 heavy (non-hydrogen) atoms. The number of rotatable bonds is 3. The van der Waals surface area contributed by atoms with E-state index in [1.165, 1.54) is 22.7 Å². The van der Waals surface area contributed by atoms with Gasteiger partial charge in [0, 0.05) is 5.56 Å². The zero-order chi connectivity index (χ0) is 13.9. The SMILES string of the molecule is COc1ccc(-c2nnc(-c3nnc(C#N)s3)s2)cc1. The van der Waals surface area contributed by atoms with Crippen LogP contribution in [0.3, 0.4) is 0 Å². The summed E-state index contributed by atoms with van der Waals surface area (Å²) < 4.78 is 5.11. The summed E-state index contributed by atoms with van der Waals surface area (Å²) in [5.41, 5.74) is 0.958. The Bertz CT molecular complexity index is 772. The molecule has 0 amide bonds. The molecule has 1 aromatic carbocycles. The summed E-state index contributed by atoms with van der Waals surface area (Å²) in [7, 11) is 1.63. The molecule has 2 heterocycles. The molecule has 0 bridgehead atoms. The minimum atomic E-state index is 0.321. The van der Waals surface area contributed by atoms with Crippen molar-refractivity contribution in [3.63, 3.8) is 0 Å². The second kappa shape index (κ2) is 5.32. The van der Waals surface area contributed by atoms with Crippen molar-refractivity contribution in [2.45, 2.75) is 0 Å². The molecule has 0 saturated carbocycles. The zero-order valence-electron chi connectivity index (χ0n) is 10.3. The Balaban J connectivity index is 1.91. The summed E-state index contributed by atoms with van der Waals surface area (Å²) in [5, 5.41) is 27.0. The third-order valence-electron chi connectivity index (χ3n) is 2.47. The van der Waals surface area contributed by atoms with Crippen molar-refractivity contribution in [2.75, 3.05) is 7.11 Å². The molecule has 0 N–H and O–H groups in total. The van der Waals surface area contributed by atoms with E-state index in [1.807, 2.05) is 30.3 Å². The number of ether oxygens (including phenoxy) is 1. The highest BCUT2D eigenvalue weighted by Crippen LogP contribution is 2.31. The van der Waals surface area contributed by atoms with Crippen LogP contribution in [0, 0.1) is 11.3 Å². The number of methoxy groups -OCH3 is 1. The van der Waals surface area contributed by atoms with Gasteiger partial charge in [0.2, 0.25) is 5.01 Å². The third-order valence-corrected chi connectivity index (χ3v) is 4.41. The predicted octanol–water partition coefficient (Wildman–Crippen LogP) is 2.60. The van der Waals surface area contributed by atoms with Gasteiger partial charge in [-0.15, -0.1) is 20.4 Å². The standard InChI is InChI=1S/C12H7N5OS2/c1-18-8-4-2-7(3-5-8)10-15-17-12(20-10)11-16-14-9(6-13)19-11/h2-5H,1H3. The van der Waals surface area contributed by atoms with Gasteiger partial charge in [-0.3, -0.25) is 0 Å². The Morgan fingerprint density at radius 3 is 2.25 bits per heavy atom. The highest BCUT2D eigenvalue weighted by Gasteiger charge is 2.13. The first-order valence-corrected chi connectivity index (χ1v) is 7.15. The van der Waals surface area contributed by atoms with Crippen LogP contribution in [0.25, 0.3) is 20.6 Å². The molecular formula is C12H7N5OS2. The maximum absolute atomic E-state index is 8.74. The quantitative estimate of drug-likeness (QED) is 0.739. The Morgan fingerprint density at radius 1 is 0.950 bits per heavy atom. The normalized spacial score (nSPS) is 10.2. The van der Waals surface area contributed by atoms with Gasteiger partial charge in [-0.05, 0) is 24.3 Å². The second-order valence-corrected chi connectivity index (χ2v) is 5.62. The van der Waals surface area contributed by atoms with Crippen molar-refractivity contribution in [1.29, 1.82) is 5.26 Å². The number of hydrogen-bond donors (Lipinski definition) is 0. The van der Waals surface area contributed by atoms with Gasteiger partial charge in [-0.1, -0.05) is 22.7 Å². The monoisotopic (exact) mass is 301 g/mol. The Labute approximate surface area is 122 Å². The Kier molecular flexibility index (Phi) is 3.37. The molecule has 98 valence electrons. The average molecular weight is 301 g/mol. The van der Waals surface area contributed by atoms with Crippen LogP contribution >= 0.6 is 22.7 Å². The topological polar surface area (TPSA) is 84.6 Å². The smallest absolute Gasteiger partial charge is 0.218 e. The fourth-order valence-corrected chi connectivity index (χ4v) is 3.01. The molecule has 0 saturated heterocycles. The minimum Gasteiger partial charge on any atom is -0.497 e. The Hall–Kier alpha value is -2.37. The number of nitrogens with zero attached hydrogens (tertiary/aromatic N) is 5. The van der Waals surface area contributed by atoms with Gasteiger partial charge >= 0.3 is 0 Å². The van der Waals surface area contributed by atoms with Crippen LogP contribution in [-0.2, 0) is 0 Å².